The van der Waals surface area contributed by atoms with Crippen molar-refractivity contribution in [1.29, 1.82) is 0 Å². The fourth-order valence-electron chi connectivity index (χ4n) is 3.31. The van der Waals surface area contributed by atoms with E-state index in [0.717, 1.165) is 49.3 Å². The van der Waals surface area contributed by atoms with Crippen molar-refractivity contribution in [2.75, 3.05) is 13.1 Å². The minimum Gasteiger partial charge on any atom is -0.489 e. The van der Waals surface area contributed by atoms with Gasteiger partial charge in [-0.1, -0.05) is 31.5 Å². The van der Waals surface area contributed by atoms with Gasteiger partial charge in [0, 0.05) is 24.9 Å². The average molecular weight is 399 g/mol. The molecule has 0 saturated heterocycles. The van der Waals surface area contributed by atoms with E-state index in [-0.39, 0.29) is 12.1 Å². The van der Waals surface area contributed by atoms with Gasteiger partial charge >= 0.3 is 0 Å². The first kappa shape index (κ1) is 21.1. The third-order valence-corrected chi connectivity index (χ3v) is 4.94. The Hall–Kier alpha value is -2.57. The number of ether oxygens (including phenoxy) is 1. The molecular weight excluding hydrogens is 364 g/mol. The summed E-state index contributed by atoms with van der Waals surface area (Å²) in [6.45, 7) is 12.7. The summed E-state index contributed by atoms with van der Waals surface area (Å²) < 4.78 is 8.02. The van der Waals surface area contributed by atoms with Crippen molar-refractivity contribution in [3.8, 4) is 5.75 Å². The van der Waals surface area contributed by atoms with E-state index in [0.29, 0.717) is 12.5 Å². The number of guanidine groups is 1. The van der Waals surface area contributed by atoms with Gasteiger partial charge in [0.2, 0.25) is 0 Å². The molecule has 1 aliphatic heterocycles. The Morgan fingerprint density at radius 3 is 2.72 bits per heavy atom. The largest absolute Gasteiger partial charge is 0.489 e. The zero-order valence-corrected chi connectivity index (χ0v) is 18.3. The molecule has 7 nitrogen and oxygen atoms in total. The maximum absolute atomic E-state index is 5.97. The summed E-state index contributed by atoms with van der Waals surface area (Å²) in [6.07, 6.45) is 1.95. The molecule has 2 unspecified atom stereocenters. The Bertz CT molecular complexity index is 811. The van der Waals surface area contributed by atoms with Gasteiger partial charge in [-0.2, -0.15) is 5.10 Å². The Morgan fingerprint density at radius 1 is 1.28 bits per heavy atom. The second-order valence-electron chi connectivity index (χ2n) is 8.06. The van der Waals surface area contributed by atoms with E-state index in [2.05, 4.69) is 60.5 Å². The average Bonchev–Trinajstić information content (AvgIpc) is 3.12. The number of fused-ring (bicyclic) bond motifs is 1. The van der Waals surface area contributed by atoms with Crippen LogP contribution in [0.3, 0.4) is 0 Å². The summed E-state index contributed by atoms with van der Waals surface area (Å²) in [6, 6.07) is 8.41. The standard InChI is InChI=1S/C22H34N6O/c1-6-23-22(24-13-17(5)29-19-10-7-16(4)8-11-19)25-18-9-12-20-26-21(15(2)3)27-28(20)14-18/h7-8,10-11,15,17-18H,6,9,12-14H2,1-5H3,(H2,23,24,25). The van der Waals surface area contributed by atoms with Crippen LogP contribution in [0.4, 0.5) is 0 Å². The zero-order chi connectivity index (χ0) is 20.8. The molecule has 2 aromatic rings. The highest BCUT2D eigenvalue weighted by Gasteiger charge is 2.23. The zero-order valence-electron chi connectivity index (χ0n) is 18.3. The van der Waals surface area contributed by atoms with Gasteiger partial charge in [0.1, 0.15) is 17.7 Å². The molecule has 1 aliphatic rings. The van der Waals surface area contributed by atoms with Crippen LogP contribution >= 0.6 is 0 Å². The van der Waals surface area contributed by atoms with Gasteiger partial charge in [0.25, 0.3) is 0 Å². The molecule has 2 atom stereocenters. The van der Waals surface area contributed by atoms with E-state index >= 15 is 0 Å². The van der Waals surface area contributed by atoms with Crippen LogP contribution in [0.25, 0.3) is 0 Å². The quantitative estimate of drug-likeness (QED) is 0.554. The molecular formula is C22H34N6O. The molecule has 3 rings (SSSR count). The molecule has 7 heteroatoms. The number of rotatable bonds is 7. The number of aromatic nitrogens is 3. The fraction of sp³-hybridized carbons (Fsp3) is 0.591. The molecule has 158 valence electrons. The molecule has 29 heavy (non-hydrogen) atoms. The predicted octanol–water partition coefficient (Wildman–Crippen LogP) is 3.05. The first-order valence-electron chi connectivity index (χ1n) is 10.7. The highest BCUT2D eigenvalue weighted by atomic mass is 16.5. The van der Waals surface area contributed by atoms with E-state index < -0.39 is 0 Å². The smallest absolute Gasteiger partial charge is 0.191 e. The van der Waals surface area contributed by atoms with Crippen molar-refractivity contribution >= 4 is 5.96 Å². The van der Waals surface area contributed by atoms with Crippen molar-refractivity contribution in [3.05, 3.63) is 41.5 Å². The molecule has 0 amide bonds. The molecule has 1 aromatic carbocycles. The lowest BCUT2D eigenvalue weighted by Crippen LogP contribution is -2.47. The molecule has 2 N–H and O–H groups in total. The van der Waals surface area contributed by atoms with E-state index in [1.165, 1.54) is 5.56 Å². The molecule has 1 aromatic heterocycles. The number of aliphatic imine (C=N–C) groups is 1. The number of hydrogen-bond acceptors (Lipinski definition) is 4. The monoisotopic (exact) mass is 398 g/mol. The topological polar surface area (TPSA) is 76.4 Å². The first-order valence-corrected chi connectivity index (χ1v) is 10.7. The van der Waals surface area contributed by atoms with Crippen LogP contribution in [-0.2, 0) is 13.0 Å². The van der Waals surface area contributed by atoms with E-state index in [1.54, 1.807) is 0 Å². The lowest BCUT2D eigenvalue weighted by Gasteiger charge is -2.25. The Kier molecular flexibility index (Phi) is 7.12. The number of hydrogen-bond donors (Lipinski definition) is 2. The third kappa shape index (κ3) is 5.95. The lowest BCUT2D eigenvalue weighted by molar-refractivity contribution is 0.230. The minimum atomic E-state index is -0.00460. The summed E-state index contributed by atoms with van der Waals surface area (Å²) in [5.74, 6) is 4.08. The molecule has 0 fully saturated rings. The van der Waals surface area contributed by atoms with Gasteiger partial charge in [-0.15, -0.1) is 0 Å². The molecule has 0 saturated carbocycles. The van der Waals surface area contributed by atoms with Crippen molar-refractivity contribution in [2.45, 2.75) is 72.1 Å². The third-order valence-electron chi connectivity index (χ3n) is 4.94. The van der Waals surface area contributed by atoms with Crippen molar-refractivity contribution in [1.82, 2.24) is 25.4 Å². The second kappa shape index (κ2) is 9.76. The maximum Gasteiger partial charge on any atom is 0.191 e. The summed E-state index contributed by atoms with van der Waals surface area (Å²) in [5, 5.41) is 11.6. The van der Waals surface area contributed by atoms with Gasteiger partial charge in [0.05, 0.1) is 13.1 Å². The van der Waals surface area contributed by atoms with Gasteiger partial charge in [-0.3, -0.25) is 0 Å². The summed E-state index contributed by atoms with van der Waals surface area (Å²) in [4.78, 5) is 9.40. The van der Waals surface area contributed by atoms with Gasteiger partial charge in [0.15, 0.2) is 11.8 Å². The highest BCUT2D eigenvalue weighted by molar-refractivity contribution is 5.80. The predicted molar refractivity (Wildman–Crippen MR) is 117 cm³/mol. The van der Waals surface area contributed by atoms with Crippen LogP contribution in [-0.4, -0.2) is 46.0 Å². The molecule has 0 bridgehead atoms. The number of nitrogens with one attached hydrogen (secondary N) is 2. The maximum atomic E-state index is 5.97. The van der Waals surface area contributed by atoms with Crippen LogP contribution < -0.4 is 15.4 Å². The summed E-state index contributed by atoms with van der Waals surface area (Å²) >= 11 is 0. The second-order valence-corrected chi connectivity index (χ2v) is 8.06. The van der Waals surface area contributed by atoms with E-state index in [1.807, 2.05) is 23.7 Å². The van der Waals surface area contributed by atoms with Crippen molar-refractivity contribution in [2.24, 2.45) is 4.99 Å². The SMILES string of the molecule is CCNC(=NCC(C)Oc1ccc(C)cc1)NC1CCc2nc(C(C)C)nn2C1. The van der Waals surface area contributed by atoms with Crippen LogP contribution in [0.5, 0.6) is 5.75 Å². The molecule has 0 aliphatic carbocycles. The summed E-state index contributed by atoms with van der Waals surface area (Å²) in [5.41, 5.74) is 1.23. The van der Waals surface area contributed by atoms with Crippen LogP contribution in [0.2, 0.25) is 0 Å². The van der Waals surface area contributed by atoms with Crippen molar-refractivity contribution in [3.63, 3.8) is 0 Å². The van der Waals surface area contributed by atoms with Gasteiger partial charge < -0.3 is 15.4 Å². The molecule has 2 heterocycles. The first-order chi connectivity index (χ1) is 13.9. The van der Waals surface area contributed by atoms with E-state index in [4.69, 9.17) is 9.73 Å². The minimum absolute atomic E-state index is 0.00460. The van der Waals surface area contributed by atoms with Crippen LogP contribution in [0.1, 0.15) is 57.2 Å². The van der Waals surface area contributed by atoms with Gasteiger partial charge in [-0.05, 0) is 39.3 Å². The number of aryl methyl sites for hydroxylation is 2. The van der Waals surface area contributed by atoms with Crippen molar-refractivity contribution < 1.29 is 4.74 Å². The Morgan fingerprint density at radius 2 is 2.03 bits per heavy atom. The highest BCUT2D eigenvalue weighted by Crippen LogP contribution is 2.17. The Balaban J connectivity index is 1.56. The fourth-order valence-corrected chi connectivity index (χ4v) is 3.31. The van der Waals surface area contributed by atoms with Crippen LogP contribution in [0, 0.1) is 6.92 Å². The summed E-state index contributed by atoms with van der Waals surface area (Å²) in [7, 11) is 0. The molecule has 0 spiro atoms. The number of nitrogens with zero attached hydrogens (tertiary/aromatic N) is 4. The lowest BCUT2D eigenvalue weighted by atomic mass is 10.1. The molecule has 0 radical (unpaired) electrons. The number of benzene rings is 1. The van der Waals surface area contributed by atoms with E-state index in [9.17, 15) is 0 Å². The van der Waals surface area contributed by atoms with Crippen LogP contribution in [0.15, 0.2) is 29.3 Å². The normalized spacial score (nSPS) is 17.7. The Labute approximate surface area is 174 Å². The van der Waals surface area contributed by atoms with Gasteiger partial charge in [-0.25, -0.2) is 14.7 Å².